The van der Waals surface area contributed by atoms with Crippen LogP contribution in [0, 0.1) is 20.8 Å². The normalized spacial score (nSPS) is 16.8. The van der Waals surface area contributed by atoms with E-state index >= 15 is 0 Å². The number of thiazole rings is 1. The summed E-state index contributed by atoms with van der Waals surface area (Å²) in [7, 11) is 0. The van der Waals surface area contributed by atoms with Crippen molar-refractivity contribution in [2.24, 2.45) is 0 Å². The first-order chi connectivity index (χ1) is 18.2. The lowest BCUT2D eigenvalue weighted by atomic mass is 9.97. The van der Waals surface area contributed by atoms with Gasteiger partial charge in [0.15, 0.2) is 10.9 Å². The SMILES string of the molecule is C=CCOC(=O)c1sc(N2C(=O)C(=O)/C(=C(/O)c3nc4c(C)cccn4c3C)C2c2cccnc2)nc1C. The average molecular weight is 530 g/mol. The highest BCUT2D eigenvalue weighted by Crippen LogP contribution is 2.44. The molecule has 0 bridgehead atoms. The molecule has 192 valence electrons. The molecule has 1 N–H and O–H groups in total. The van der Waals surface area contributed by atoms with Gasteiger partial charge in [0.2, 0.25) is 0 Å². The maximum atomic E-state index is 13.5. The highest BCUT2D eigenvalue weighted by molar-refractivity contribution is 7.17. The summed E-state index contributed by atoms with van der Waals surface area (Å²) in [5.41, 5.74) is 2.98. The highest BCUT2D eigenvalue weighted by atomic mass is 32.1. The molecule has 0 spiro atoms. The van der Waals surface area contributed by atoms with Gasteiger partial charge in [0, 0.05) is 18.6 Å². The van der Waals surface area contributed by atoms with Crippen LogP contribution in [-0.4, -0.2) is 48.7 Å². The van der Waals surface area contributed by atoms with E-state index in [-0.39, 0.29) is 27.9 Å². The molecule has 1 unspecified atom stereocenters. The Kier molecular flexibility index (Phi) is 6.37. The number of rotatable bonds is 6. The third-order valence-corrected chi connectivity index (χ3v) is 7.40. The summed E-state index contributed by atoms with van der Waals surface area (Å²) in [5.74, 6) is -2.80. The zero-order valence-corrected chi connectivity index (χ0v) is 21.7. The van der Waals surface area contributed by atoms with Gasteiger partial charge in [-0.05, 0) is 44.0 Å². The number of pyridine rings is 2. The van der Waals surface area contributed by atoms with Crippen molar-refractivity contribution in [3.05, 3.63) is 94.2 Å². The second-order valence-corrected chi connectivity index (χ2v) is 9.66. The second kappa shape index (κ2) is 9.67. The number of imidazole rings is 1. The maximum Gasteiger partial charge on any atom is 0.350 e. The Labute approximate surface area is 221 Å². The van der Waals surface area contributed by atoms with Gasteiger partial charge in [-0.2, -0.15) is 0 Å². The largest absolute Gasteiger partial charge is 0.505 e. The zero-order chi connectivity index (χ0) is 27.1. The van der Waals surface area contributed by atoms with Gasteiger partial charge in [-0.3, -0.25) is 19.5 Å². The number of hydrogen-bond donors (Lipinski definition) is 1. The van der Waals surface area contributed by atoms with E-state index in [0.29, 0.717) is 22.6 Å². The molecule has 1 aliphatic rings. The number of ketones is 1. The van der Waals surface area contributed by atoms with Crippen LogP contribution in [0.4, 0.5) is 5.13 Å². The van der Waals surface area contributed by atoms with Crippen LogP contribution in [0.5, 0.6) is 0 Å². The van der Waals surface area contributed by atoms with Gasteiger partial charge in [-0.1, -0.05) is 36.1 Å². The number of carbonyl (C=O) groups excluding carboxylic acids is 3. The van der Waals surface area contributed by atoms with E-state index in [1.165, 1.54) is 17.2 Å². The summed E-state index contributed by atoms with van der Waals surface area (Å²) < 4.78 is 6.95. The van der Waals surface area contributed by atoms with Crippen molar-refractivity contribution in [1.82, 2.24) is 19.4 Å². The summed E-state index contributed by atoms with van der Waals surface area (Å²) in [6.07, 6.45) is 6.33. The Hall–Kier alpha value is -4.64. The van der Waals surface area contributed by atoms with Gasteiger partial charge >= 0.3 is 11.9 Å². The lowest BCUT2D eigenvalue weighted by Crippen LogP contribution is -2.29. The van der Waals surface area contributed by atoms with Crippen LogP contribution in [0.1, 0.15) is 43.9 Å². The van der Waals surface area contributed by atoms with Gasteiger partial charge in [0.05, 0.1) is 23.0 Å². The number of nitrogens with zero attached hydrogens (tertiary/aromatic N) is 5. The fraction of sp³-hybridized carbons (Fsp3) is 0.185. The van der Waals surface area contributed by atoms with Crippen molar-refractivity contribution in [3.8, 4) is 0 Å². The van der Waals surface area contributed by atoms with Crippen LogP contribution >= 0.6 is 11.3 Å². The molecular formula is C27H23N5O5S. The van der Waals surface area contributed by atoms with Crippen LogP contribution in [-0.2, 0) is 14.3 Å². The van der Waals surface area contributed by atoms with Gasteiger partial charge < -0.3 is 14.2 Å². The minimum Gasteiger partial charge on any atom is -0.505 e. The van der Waals surface area contributed by atoms with E-state index in [0.717, 1.165) is 16.9 Å². The third kappa shape index (κ3) is 3.97. The Bertz CT molecular complexity index is 1650. The zero-order valence-electron chi connectivity index (χ0n) is 20.8. The first kappa shape index (κ1) is 25.0. The van der Waals surface area contributed by atoms with Crippen LogP contribution in [0.3, 0.4) is 0 Å². The highest BCUT2D eigenvalue weighted by Gasteiger charge is 2.49. The van der Waals surface area contributed by atoms with E-state index in [2.05, 4.69) is 21.5 Å². The Morgan fingerprint density at radius 2 is 2.00 bits per heavy atom. The van der Waals surface area contributed by atoms with Crippen LogP contribution in [0.25, 0.3) is 11.4 Å². The van der Waals surface area contributed by atoms with Gasteiger partial charge in [0.25, 0.3) is 5.78 Å². The first-order valence-corrected chi connectivity index (χ1v) is 12.5. The lowest BCUT2D eigenvalue weighted by Gasteiger charge is -2.22. The van der Waals surface area contributed by atoms with Crippen LogP contribution in [0.15, 0.2) is 61.1 Å². The molecule has 1 amide bonds. The number of Topliss-reactive ketones (excluding diaryl/α,β-unsaturated/α-hetero) is 1. The Morgan fingerprint density at radius 3 is 2.68 bits per heavy atom. The number of aryl methyl sites for hydroxylation is 3. The molecule has 5 heterocycles. The number of anilines is 1. The molecule has 0 aromatic carbocycles. The molecule has 4 aromatic rings. The number of aromatic nitrogens is 4. The quantitative estimate of drug-likeness (QED) is 0.130. The molecule has 0 aliphatic carbocycles. The molecule has 0 saturated carbocycles. The lowest BCUT2D eigenvalue weighted by molar-refractivity contribution is -0.132. The third-order valence-electron chi connectivity index (χ3n) is 6.26. The number of aliphatic hydroxyl groups excluding tert-OH is 1. The molecular weight excluding hydrogens is 506 g/mol. The number of esters is 1. The fourth-order valence-electron chi connectivity index (χ4n) is 4.43. The Morgan fingerprint density at radius 1 is 1.21 bits per heavy atom. The average Bonchev–Trinajstić information content (AvgIpc) is 3.55. The summed E-state index contributed by atoms with van der Waals surface area (Å²) in [4.78, 5) is 53.9. The van der Waals surface area contributed by atoms with Crippen molar-refractivity contribution in [2.45, 2.75) is 26.8 Å². The Balaban J connectivity index is 1.69. The van der Waals surface area contributed by atoms with E-state index in [9.17, 15) is 19.5 Å². The van der Waals surface area contributed by atoms with Crippen molar-refractivity contribution < 1.29 is 24.2 Å². The maximum absolute atomic E-state index is 13.5. The number of amides is 1. The predicted molar refractivity (Wildman–Crippen MR) is 141 cm³/mol. The molecule has 1 aliphatic heterocycles. The molecule has 1 atom stereocenters. The fourth-order valence-corrected chi connectivity index (χ4v) is 5.42. The van der Waals surface area contributed by atoms with Gasteiger partial charge in [-0.15, -0.1) is 0 Å². The minimum absolute atomic E-state index is 0.0174. The summed E-state index contributed by atoms with van der Waals surface area (Å²) in [6.45, 7) is 8.83. The van der Waals surface area contributed by atoms with E-state index in [1.807, 2.05) is 29.7 Å². The number of hydrogen-bond acceptors (Lipinski definition) is 9. The second-order valence-electron chi connectivity index (χ2n) is 8.68. The van der Waals surface area contributed by atoms with Gasteiger partial charge in [-0.25, -0.2) is 14.8 Å². The topological polar surface area (TPSA) is 127 Å². The van der Waals surface area contributed by atoms with E-state index < -0.39 is 29.5 Å². The number of carbonyl (C=O) groups is 3. The molecule has 1 saturated heterocycles. The van der Waals surface area contributed by atoms with Crippen molar-refractivity contribution in [3.63, 3.8) is 0 Å². The first-order valence-electron chi connectivity index (χ1n) is 11.7. The summed E-state index contributed by atoms with van der Waals surface area (Å²) in [6, 6.07) is 6.07. The minimum atomic E-state index is -1.04. The number of ether oxygens (including phenoxy) is 1. The van der Waals surface area contributed by atoms with Gasteiger partial charge in [0.1, 0.15) is 22.8 Å². The van der Waals surface area contributed by atoms with Crippen molar-refractivity contribution >= 4 is 45.5 Å². The van der Waals surface area contributed by atoms with E-state index in [1.54, 1.807) is 32.2 Å². The number of aliphatic hydroxyl groups is 1. The molecule has 11 heteroatoms. The van der Waals surface area contributed by atoms with Crippen LogP contribution in [0.2, 0.25) is 0 Å². The monoisotopic (exact) mass is 529 g/mol. The molecule has 4 aromatic heterocycles. The van der Waals surface area contributed by atoms with Crippen molar-refractivity contribution in [2.75, 3.05) is 11.5 Å². The summed E-state index contributed by atoms with van der Waals surface area (Å²) in [5, 5.41) is 11.6. The van der Waals surface area contributed by atoms with E-state index in [4.69, 9.17) is 4.74 Å². The molecule has 1 fully saturated rings. The smallest absolute Gasteiger partial charge is 0.350 e. The molecule has 5 rings (SSSR count). The predicted octanol–water partition coefficient (Wildman–Crippen LogP) is 4.08. The van der Waals surface area contributed by atoms with Crippen LogP contribution < -0.4 is 4.90 Å². The summed E-state index contributed by atoms with van der Waals surface area (Å²) >= 11 is 0.927. The number of fused-ring (bicyclic) bond motifs is 1. The molecule has 38 heavy (non-hydrogen) atoms. The molecule has 10 nitrogen and oxygen atoms in total. The standard InChI is InChI=1S/C27H23N5O5S/c1-5-12-37-26(36)23-15(3)29-27(38-23)32-20(17-9-6-10-28-13-17)18(22(34)25(32)35)21(33)19-16(4)31-11-7-8-14(2)24(31)30-19/h5-11,13,20,33H,1,12H2,2-4H3/b21-18+. The van der Waals surface area contributed by atoms with Crippen molar-refractivity contribution in [1.29, 1.82) is 0 Å². The molecule has 0 radical (unpaired) electrons.